The number of hydrogen-bond acceptors (Lipinski definition) is 2. The Kier molecular flexibility index (Phi) is 4.39. The number of benzene rings is 1. The van der Waals surface area contributed by atoms with Gasteiger partial charge in [-0.3, -0.25) is 9.48 Å². The van der Waals surface area contributed by atoms with Crippen LogP contribution in [0.1, 0.15) is 27.7 Å². The monoisotopic (exact) mass is 333 g/mol. The predicted octanol–water partition coefficient (Wildman–Crippen LogP) is 3.04. The zero-order chi connectivity index (χ0) is 17.4. The summed E-state index contributed by atoms with van der Waals surface area (Å²) in [5.74, 6) is -3.91. The molecule has 1 amide bonds. The summed E-state index contributed by atoms with van der Waals surface area (Å²) in [7, 11) is 1.50. The third-order valence-electron chi connectivity index (χ3n) is 3.37. The van der Waals surface area contributed by atoms with Crippen molar-refractivity contribution in [3.05, 3.63) is 52.9 Å². The highest BCUT2D eigenvalue weighted by atomic mass is 19.4. The molecule has 9 heteroatoms. The molecule has 0 aliphatic heterocycles. The molecule has 1 heterocycles. The minimum absolute atomic E-state index is 0.113. The topological polar surface area (TPSA) is 46.9 Å². The summed E-state index contributed by atoms with van der Waals surface area (Å²) in [5, 5.41) is 5.37. The Morgan fingerprint density at radius 3 is 2.26 bits per heavy atom. The van der Waals surface area contributed by atoms with E-state index in [-0.39, 0.29) is 5.56 Å². The molecule has 0 aliphatic rings. The van der Waals surface area contributed by atoms with Gasteiger partial charge in [-0.1, -0.05) is 6.07 Å². The van der Waals surface area contributed by atoms with E-state index in [1.54, 1.807) is 5.32 Å². The number of aromatic nitrogens is 2. The Morgan fingerprint density at radius 1 is 1.26 bits per heavy atom. The van der Waals surface area contributed by atoms with Crippen LogP contribution in [0.4, 0.5) is 22.0 Å². The van der Waals surface area contributed by atoms with Crippen molar-refractivity contribution in [1.29, 1.82) is 0 Å². The molecule has 0 saturated heterocycles. The highest BCUT2D eigenvalue weighted by molar-refractivity contribution is 5.95. The van der Waals surface area contributed by atoms with Crippen LogP contribution in [0.25, 0.3) is 0 Å². The first-order chi connectivity index (χ1) is 10.6. The van der Waals surface area contributed by atoms with Crippen molar-refractivity contribution >= 4 is 5.91 Å². The van der Waals surface area contributed by atoms with E-state index in [1.165, 1.54) is 18.7 Å². The lowest BCUT2D eigenvalue weighted by atomic mass is 10.0. The van der Waals surface area contributed by atoms with Gasteiger partial charge in [0.1, 0.15) is 11.6 Å². The SMILES string of the molecule is Cc1c(C(=O)N[C@@H](c2c(F)cccc2F)C(F)(F)F)cnn1C. The highest BCUT2D eigenvalue weighted by Crippen LogP contribution is 2.35. The average Bonchev–Trinajstić information content (AvgIpc) is 2.76. The zero-order valence-electron chi connectivity index (χ0n) is 12.1. The van der Waals surface area contributed by atoms with Gasteiger partial charge in [0.25, 0.3) is 5.91 Å². The van der Waals surface area contributed by atoms with E-state index in [1.807, 2.05) is 0 Å². The fourth-order valence-electron chi connectivity index (χ4n) is 2.03. The quantitative estimate of drug-likeness (QED) is 0.878. The van der Waals surface area contributed by atoms with Crippen molar-refractivity contribution in [3.8, 4) is 0 Å². The van der Waals surface area contributed by atoms with Crippen LogP contribution in [0.5, 0.6) is 0 Å². The van der Waals surface area contributed by atoms with Crippen LogP contribution in [0.15, 0.2) is 24.4 Å². The Morgan fingerprint density at radius 2 is 1.83 bits per heavy atom. The molecule has 0 saturated carbocycles. The number of carbonyl (C=O) groups excluding carboxylic acids is 1. The van der Waals surface area contributed by atoms with Crippen molar-refractivity contribution in [2.75, 3.05) is 0 Å². The number of amides is 1. The molecule has 1 N–H and O–H groups in total. The van der Waals surface area contributed by atoms with Gasteiger partial charge in [-0.25, -0.2) is 8.78 Å². The second-order valence-electron chi connectivity index (χ2n) is 4.85. The summed E-state index contributed by atoms with van der Waals surface area (Å²) < 4.78 is 68.1. The lowest BCUT2D eigenvalue weighted by molar-refractivity contribution is -0.156. The van der Waals surface area contributed by atoms with Crippen LogP contribution < -0.4 is 5.32 Å². The van der Waals surface area contributed by atoms with Gasteiger partial charge in [-0.15, -0.1) is 0 Å². The van der Waals surface area contributed by atoms with E-state index < -0.39 is 35.3 Å². The normalized spacial score (nSPS) is 13.0. The van der Waals surface area contributed by atoms with Crippen LogP contribution in [0.3, 0.4) is 0 Å². The van der Waals surface area contributed by atoms with Gasteiger partial charge < -0.3 is 5.32 Å². The summed E-state index contributed by atoms with van der Waals surface area (Å²) in [6.07, 6.45) is -4.00. The largest absolute Gasteiger partial charge is 0.413 e. The Hall–Kier alpha value is -2.45. The molecule has 0 aliphatic carbocycles. The van der Waals surface area contributed by atoms with Gasteiger partial charge in [0, 0.05) is 12.7 Å². The number of hydrogen-bond donors (Lipinski definition) is 1. The summed E-state index contributed by atoms with van der Waals surface area (Å²) in [4.78, 5) is 12.0. The molecule has 1 aromatic heterocycles. The van der Waals surface area contributed by atoms with Gasteiger partial charge in [-0.05, 0) is 19.1 Å². The maximum absolute atomic E-state index is 13.7. The molecule has 0 unspecified atom stereocenters. The number of halogens is 5. The van der Waals surface area contributed by atoms with E-state index in [2.05, 4.69) is 5.10 Å². The van der Waals surface area contributed by atoms with E-state index in [4.69, 9.17) is 0 Å². The van der Waals surface area contributed by atoms with Crippen molar-refractivity contribution in [2.24, 2.45) is 7.05 Å². The first kappa shape index (κ1) is 16.9. The lowest BCUT2D eigenvalue weighted by Gasteiger charge is -2.22. The smallest absolute Gasteiger partial charge is 0.336 e. The summed E-state index contributed by atoms with van der Waals surface area (Å²) >= 11 is 0. The van der Waals surface area contributed by atoms with E-state index in [0.717, 1.165) is 12.3 Å². The first-order valence-electron chi connectivity index (χ1n) is 6.43. The van der Waals surface area contributed by atoms with Gasteiger partial charge in [-0.2, -0.15) is 18.3 Å². The maximum atomic E-state index is 13.7. The van der Waals surface area contributed by atoms with Crippen molar-refractivity contribution in [2.45, 2.75) is 19.1 Å². The summed E-state index contributed by atoms with van der Waals surface area (Å²) in [6, 6.07) is -0.484. The molecule has 0 spiro atoms. The third kappa shape index (κ3) is 3.33. The van der Waals surface area contributed by atoms with Crippen LogP contribution >= 0.6 is 0 Å². The molecule has 1 atom stereocenters. The Labute approximate surface area is 127 Å². The number of nitrogens with zero attached hydrogens (tertiary/aromatic N) is 2. The van der Waals surface area contributed by atoms with Crippen LogP contribution in [-0.2, 0) is 7.05 Å². The van der Waals surface area contributed by atoms with Gasteiger partial charge in [0.2, 0.25) is 0 Å². The van der Waals surface area contributed by atoms with E-state index >= 15 is 0 Å². The Balaban J connectivity index is 2.42. The molecule has 0 bridgehead atoms. The Bertz CT molecular complexity index is 718. The molecule has 4 nitrogen and oxygen atoms in total. The number of aryl methyl sites for hydroxylation is 1. The molecule has 23 heavy (non-hydrogen) atoms. The highest BCUT2D eigenvalue weighted by Gasteiger charge is 2.45. The van der Waals surface area contributed by atoms with Crippen molar-refractivity contribution < 1.29 is 26.7 Å². The summed E-state index contributed by atoms with van der Waals surface area (Å²) in [5.41, 5.74) is -1.05. The molecule has 2 aromatic rings. The van der Waals surface area contributed by atoms with Crippen molar-refractivity contribution in [1.82, 2.24) is 15.1 Å². The second-order valence-corrected chi connectivity index (χ2v) is 4.85. The van der Waals surface area contributed by atoms with Crippen LogP contribution in [0.2, 0.25) is 0 Å². The minimum atomic E-state index is -5.07. The molecular formula is C14H12F5N3O. The van der Waals surface area contributed by atoms with E-state index in [9.17, 15) is 26.7 Å². The average molecular weight is 333 g/mol. The summed E-state index contributed by atoms with van der Waals surface area (Å²) in [6.45, 7) is 1.48. The zero-order valence-corrected chi connectivity index (χ0v) is 12.1. The van der Waals surface area contributed by atoms with Gasteiger partial charge >= 0.3 is 6.18 Å². The standard InChI is InChI=1S/C14H12F5N3O/c1-7-8(6-20-22(7)2)13(23)21-12(14(17,18)19)11-9(15)4-3-5-10(11)16/h3-6,12H,1-2H3,(H,21,23)/t12-/m0/s1. The molecule has 124 valence electrons. The maximum Gasteiger partial charge on any atom is 0.413 e. The van der Waals surface area contributed by atoms with Crippen LogP contribution in [0, 0.1) is 18.6 Å². The van der Waals surface area contributed by atoms with Crippen LogP contribution in [-0.4, -0.2) is 21.9 Å². The molecule has 1 aromatic carbocycles. The van der Waals surface area contributed by atoms with Crippen molar-refractivity contribution in [3.63, 3.8) is 0 Å². The number of carbonyl (C=O) groups is 1. The second kappa shape index (κ2) is 5.98. The molecule has 2 rings (SSSR count). The lowest BCUT2D eigenvalue weighted by Crippen LogP contribution is -2.39. The predicted molar refractivity (Wildman–Crippen MR) is 70.6 cm³/mol. The molecule has 0 radical (unpaired) electrons. The fraction of sp³-hybridized carbons (Fsp3) is 0.286. The minimum Gasteiger partial charge on any atom is -0.336 e. The number of nitrogens with one attached hydrogen (secondary N) is 1. The molecule has 0 fully saturated rings. The number of rotatable bonds is 3. The molecular weight excluding hydrogens is 321 g/mol. The number of alkyl halides is 3. The van der Waals surface area contributed by atoms with Gasteiger partial charge in [0.05, 0.1) is 17.3 Å². The van der Waals surface area contributed by atoms with E-state index in [0.29, 0.717) is 17.8 Å². The third-order valence-corrected chi connectivity index (χ3v) is 3.37. The fourth-order valence-corrected chi connectivity index (χ4v) is 2.03. The first-order valence-corrected chi connectivity index (χ1v) is 6.43. The van der Waals surface area contributed by atoms with Gasteiger partial charge in [0.15, 0.2) is 6.04 Å².